The molecule has 1 aliphatic carbocycles. The van der Waals surface area contributed by atoms with Crippen molar-refractivity contribution in [1.29, 1.82) is 0 Å². The highest BCUT2D eigenvalue weighted by Gasteiger charge is 2.43. The molecule has 1 fully saturated rings. The molecule has 4 heteroatoms. The lowest BCUT2D eigenvalue weighted by atomic mass is 9.70. The molecule has 1 aromatic heterocycles. The molecule has 1 saturated carbocycles. The van der Waals surface area contributed by atoms with Gasteiger partial charge in [0, 0.05) is 29.1 Å². The fraction of sp³-hybridized carbons (Fsp3) is 0.824. The Kier molecular flexibility index (Phi) is 6.20. The van der Waals surface area contributed by atoms with E-state index in [4.69, 9.17) is 0 Å². The van der Waals surface area contributed by atoms with Crippen molar-refractivity contribution in [3.63, 3.8) is 0 Å². The van der Waals surface area contributed by atoms with Gasteiger partial charge in [-0.1, -0.05) is 26.7 Å². The minimum absolute atomic E-state index is 0.289. The Labute approximate surface area is 134 Å². The van der Waals surface area contributed by atoms with E-state index in [1.807, 2.05) is 11.7 Å². The Morgan fingerprint density at radius 3 is 2.90 bits per heavy atom. The fourth-order valence-electron chi connectivity index (χ4n) is 3.91. The zero-order chi connectivity index (χ0) is 15.3. The van der Waals surface area contributed by atoms with Crippen LogP contribution in [0.5, 0.6) is 0 Å². The van der Waals surface area contributed by atoms with E-state index >= 15 is 0 Å². The van der Waals surface area contributed by atoms with Crippen LogP contribution in [0.3, 0.4) is 0 Å². The van der Waals surface area contributed by atoms with E-state index in [2.05, 4.69) is 43.1 Å². The van der Waals surface area contributed by atoms with Crippen molar-refractivity contribution in [1.82, 2.24) is 15.2 Å². The second kappa shape index (κ2) is 7.70. The Bertz CT molecular complexity index is 404. The fourth-order valence-corrected chi connectivity index (χ4v) is 4.56. The number of rotatable bonds is 7. The lowest BCUT2D eigenvalue weighted by Crippen LogP contribution is -2.61. The van der Waals surface area contributed by atoms with Gasteiger partial charge in [0.15, 0.2) is 0 Å². The van der Waals surface area contributed by atoms with Crippen LogP contribution >= 0.6 is 11.3 Å². The molecule has 0 spiro atoms. The first-order chi connectivity index (χ1) is 10.1. The van der Waals surface area contributed by atoms with Gasteiger partial charge in [-0.3, -0.25) is 4.98 Å². The smallest absolute Gasteiger partial charge is 0.0794 e. The van der Waals surface area contributed by atoms with E-state index < -0.39 is 0 Å². The zero-order valence-electron chi connectivity index (χ0n) is 14.1. The van der Waals surface area contributed by atoms with Crippen molar-refractivity contribution in [2.24, 2.45) is 5.92 Å². The number of likely N-dealkylation sites (N-methyl/N-ethyl adjacent to an activating group) is 1. The van der Waals surface area contributed by atoms with Gasteiger partial charge >= 0.3 is 0 Å². The average molecular weight is 310 g/mol. The van der Waals surface area contributed by atoms with Crippen LogP contribution in [0.25, 0.3) is 0 Å². The van der Waals surface area contributed by atoms with Gasteiger partial charge in [0.1, 0.15) is 0 Å². The van der Waals surface area contributed by atoms with Crippen molar-refractivity contribution < 1.29 is 0 Å². The average Bonchev–Trinajstić information content (AvgIpc) is 2.96. The Morgan fingerprint density at radius 1 is 1.52 bits per heavy atom. The summed E-state index contributed by atoms with van der Waals surface area (Å²) in [4.78, 5) is 8.16. The van der Waals surface area contributed by atoms with E-state index in [-0.39, 0.29) is 5.54 Å². The minimum atomic E-state index is 0.289. The molecule has 3 atom stereocenters. The number of thiazole rings is 1. The van der Waals surface area contributed by atoms with E-state index in [1.54, 1.807) is 11.3 Å². The van der Waals surface area contributed by atoms with Crippen molar-refractivity contribution >= 4 is 11.3 Å². The van der Waals surface area contributed by atoms with Crippen LogP contribution in [0.1, 0.15) is 50.8 Å². The topological polar surface area (TPSA) is 28.2 Å². The first kappa shape index (κ1) is 16.9. The molecule has 0 bridgehead atoms. The highest BCUT2D eigenvalue weighted by Crippen LogP contribution is 2.39. The molecular weight excluding hydrogens is 278 g/mol. The molecule has 2 rings (SSSR count). The highest BCUT2D eigenvalue weighted by molar-refractivity contribution is 7.09. The van der Waals surface area contributed by atoms with Gasteiger partial charge in [0.05, 0.1) is 5.51 Å². The Morgan fingerprint density at radius 2 is 2.33 bits per heavy atom. The van der Waals surface area contributed by atoms with E-state index in [0.717, 1.165) is 18.9 Å². The van der Waals surface area contributed by atoms with Crippen LogP contribution < -0.4 is 5.32 Å². The molecule has 0 aromatic carbocycles. The van der Waals surface area contributed by atoms with Crippen LogP contribution in [-0.2, 0) is 6.42 Å². The summed E-state index contributed by atoms with van der Waals surface area (Å²) in [6.45, 7) is 5.77. The number of hydrogen-bond donors (Lipinski definition) is 1. The monoisotopic (exact) mass is 309 g/mol. The number of nitrogens with zero attached hydrogens (tertiary/aromatic N) is 2. The predicted octanol–water partition coefficient (Wildman–Crippen LogP) is 3.56. The van der Waals surface area contributed by atoms with Crippen molar-refractivity contribution in [3.8, 4) is 0 Å². The summed E-state index contributed by atoms with van der Waals surface area (Å²) >= 11 is 1.79. The molecule has 1 N–H and O–H groups in total. The quantitative estimate of drug-likeness (QED) is 0.834. The van der Waals surface area contributed by atoms with Crippen LogP contribution in [0.4, 0.5) is 0 Å². The third-order valence-electron chi connectivity index (χ3n) is 5.08. The highest BCUT2D eigenvalue weighted by atomic mass is 32.1. The molecule has 21 heavy (non-hydrogen) atoms. The second-order valence-corrected chi connectivity index (χ2v) is 7.85. The Balaban J connectivity index is 2.21. The van der Waals surface area contributed by atoms with Crippen molar-refractivity contribution in [2.45, 2.75) is 64.0 Å². The molecule has 3 unspecified atom stereocenters. The summed E-state index contributed by atoms with van der Waals surface area (Å²) in [5, 5.41) is 3.86. The third-order valence-corrected chi connectivity index (χ3v) is 5.88. The largest absolute Gasteiger partial charge is 0.312 e. The summed E-state index contributed by atoms with van der Waals surface area (Å²) in [6.07, 6.45) is 9.70. The second-order valence-electron chi connectivity index (χ2n) is 6.88. The predicted molar refractivity (Wildman–Crippen MR) is 91.9 cm³/mol. The van der Waals surface area contributed by atoms with E-state index in [1.165, 1.54) is 37.0 Å². The van der Waals surface area contributed by atoms with Gasteiger partial charge in [-0.2, -0.15) is 0 Å². The van der Waals surface area contributed by atoms with Crippen LogP contribution in [-0.4, -0.2) is 42.1 Å². The summed E-state index contributed by atoms with van der Waals surface area (Å²) in [7, 11) is 4.54. The molecule has 1 heterocycles. The zero-order valence-corrected chi connectivity index (χ0v) is 14.9. The van der Waals surface area contributed by atoms with Gasteiger partial charge in [-0.15, -0.1) is 11.3 Å². The van der Waals surface area contributed by atoms with Gasteiger partial charge in [-0.05, 0) is 45.8 Å². The molecular formula is C17H31N3S. The summed E-state index contributed by atoms with van der Waals surface area (Å²) in [5.74, 6) is 0.827. The molecule has 0 amide bonds. The Hall–Kier alpha value is -0.450. The lowest BCUT2D eigenvalue weighted by Gasteiger charge is -2.50. The minimum Gasteiger partial charge on any atom is -0.312 e. The molecule has 0 aliphatic heterocycles. The number of nitrogens with one attached hydrogen (secondary N) is 1. The maximum Gasteiger partial charge on any atom is 0.0794 e. The van der Waals surface area contributed by atoms with Crippen molar-refractivity contribution in [3.05, 3.63) is 16.6 Å². The number of hydrogen-bond acceptors (Lipinski definition) is 4. The van der Waals surface area contributed by atoms with Crippen LogP contribution in [0.2, 0.25) is 0 Å². The molecule has 3 nitrogen and oxygen atoms in total. The first-order valence-corrected chi connectivity index (χ1v) is 9.24. The maximum absolute atomic E-state index is 4.26. The SMILES string of the molecule is CCCNC(Cc1cncs1)C1(N(C)C)CCCC(C)C1. The normalized spacial score (nSPS) is 28.0. The van der Waals surface area contributed by atoms with Crippen molar-refractivity contribution in [2.75, 3.05) is 20.6 Å². The first-order valence-electron chi connectivity index (χ1n) is 8.36. The molecule has 1 aliphatic rings. The standard InChI is InChI=1S/C17H31N3S/c1-5-9-19-16(10-15-12-18-13-21-15)17(20(3)4)8-6-7-14(2)11-17/h12-14,16,19H,5-11H2,1-4H3. The molecule has 0 radical (unpaired) electrons. The summed E-state index contributed by atoms with van der Waals surface area (Å²) < 4.78 is 0. The van der Waals surface area contributed by atoms with Crippen LogP contribution in [0.15, 0.2) is 11.7 Å². The van der Waals surface area contributed by atoms with Gasteiger partial charge in [-0.25, -0.2) is 0 Å². The summed E-state index contributed by atoms with van der Waals surface area (Å²) in [6, 6.07) is 0.524. The lowest BCUT2D eigenvalue weighted by molar-refractivity contribution is 0.0376. The molecule has 120 valence electrons. The summed E-state index contributed by atoms with van der Waals surface area (Å²) in [5.41, 5.74) is 2.24. The van der Waals surface area contributed by atoms with Crippen LogP contribution in [0, 0.1) is 5.92 Å². The van der Waals surface area contributed by atoms with Gasteiger partial charge in [0.25, 0.3) is 0 Å². The van der Waals surface area contributed by atoms with E-state index in [9.17, 15) is 0 Å². The van der Waals surface area contributed by atoms with Gasteiger partial charge in [0.2, 0.25) is 0 Å². The maximum atomic E-state index is 4.26. The number of aromatic nitrogens is 1. The van der Waals surface area contributed by atoms with Gasteiger partial charge < -0.3 is 10.2 Å². The molecule has 1 aromatic rings. The van der Waals surface area contributed by atoms with E-state index in [0.29, 0.717) is 6.04 Å². The third kappa shape index (κ3) is 4.05. The molecule has 0 saturated heterocycles.